The van der Waals surface area contributed by atoms with E-state index in [0.717, 1.165) is 12.8 Å². The zero-order valence-electron chi connectivity index (χ0n) is 27.8. The van der Waals surface area contributed by atoms with Gasteiger partial charge in [0.2, 0.25) is 0 Å². The summed E-state index contributed by atoms with van der Waals surface area (Å²) in [7, 11) is 0. The van der Waals surface area contributed by atoms with E-state index in [9.17, 15) is 0 Å². The summed E-state index contributed by atoms with van der Waals surface area (Å²) in [6.45, 7) is 0. The van der Waals surface area contributed by atoms with E-state index in [2.05, 4.69) is 192 Å². The van der Waals surface area contributed by atoms with Gasteiger partial charge in [0.05, 0.1) is 17.1 Å². The van der Waals surface area contributed by atoms with Gasteiger partial charge in [-0.1, -0.05) is 127 Å². The Kier molecular flexibility index (Phi) is 6.80. The molecule has 3 aliphatic rings. The first-order valence-electron chi connectivity index (χ1n) is 17.7. The van der Waals surface area contributed by atoms with E-state index >= 15 is 0 Å². The number of hydrogen-bond acceptors (Lipinski definition) is 1. The molecule has 0 spiro atoms. The molecule has 2 aliphatic carbocycles. The minimum absolute atomic E-state index is 0.269. The van der Waals surface area contributed by atoms with Crippen LogP contribution in [-0.2, 0) is 0 Å². The Morgan fingerprint density at radius 1 is 0.460 bits per heavy atom. The number of aromatic nitrogens is 1. The molecule has 0 radical (unpaired) electrons. The lowest BCUT2D eigenvalue weighted by Gasteiger charge is -2.29. The van der Waals surface area contributed by atoms with Crippen molar-refractivity contribution in [1.29, 1.82) is 0 Å². The molecule has 2 atom stereocenters. The average molecular weight is 641 g/mol. The van der Waals surface area contributed by atoms with Crippen LogP contribution in [0.15, 0.2) is 182 Å². The quantitative estimate of drug-likeness (QED) is 0.182. The van der Waals surface area contributed by atoms with Crippen LogP contribution in [0.2, 0.25) is 0 Å². The van der Waals surface area contributed by atoms with Crippen molar-refractivity contribution in [2.24, 2.45) is 0 Å². The Balaban J connectivity index is 0.990. The summed E-state index contributed by atoms with van der Waals surface area (Å²) in [5.41, 5.74) is 15.6. The number of para-hydroxylation sites is 2. The van der Waals surface area contributed by atoms with E-state index in [4.69, 9.17) is 0 Å². The maximum Gasteiger partial charge on any atom is 0.0629 e. The smallest absolute Gasteiger partial charge is 0.0629 e. The molecule has 1 aromatic heterocycles. The molecule has 238 valence electrons. The number of benzene rings is 6. The van der Waals surface area contributed by atoms with Gasteiger partial charge in [0.25, 0.3) is 0 Å². The fourth-order valence-corrected chi connectivity index (χ4v) is 8.45. The summed E-state index contributed by atoms with van der Waals surface area (Å²) in [5, 5.41) is 2.60. The van der Waals surface area contributed by atoms with E-state index in [-0.39, 0.29) is 6.04 Å². The number of hydrogen-bond donors (Lipinski definition) is 0. The lowest BCUT2D eigenvalue weighted by Crippen LogP contribution is -2.28. The Morgan fingerprint density at radius 2 is 1.12 bits per heavy atom. The number of fused-ring (bicyclic) bond motifs is 6. The van der Waals surface area contributed by atoms with Crippen LogP contribution in [0.1, 0.15) is 35.4 Å². The number of anilines is 2. The van der Waals surface area contributed by atoms with Crippen molar-refractivity contribution in [3.63, 3.8) is 0 Å². The van der Waals surface area contributed by atoms with Crippen molar-refractivity contribution < 1.29 is 0 Å². The van der Waals surface area contributed by atoms with Crippen molar-refractivity contribution in [2.45, 2.75) is 24.8 Å². The second-order valence-corrected chi connectivity index (χ2v) is 13.6. The molecule has 0 saturated heterocycles. The van der Waals surface area contributed by atoms with Crippen molar-refractivity contribution in [1.82, 2.24) is 4.57 Å². The lowest BCUT2D eigenvalue weighted by atomic mass is 9.86. The summed E-state index contributed by atoms with van der Waals surface area (Å²) in [6.07, 6.45) is 15.9. The maximum atomic E-state index is 2.54. The number of nitrogens with zero attached hydrogens (tertiary/aromatic N) is 2. The highest BCUT2D eigenvalue weighted by Crippen LogP contribution is 2.49. The van der Waals surface area contributed by atoms with Crippen molar-refractivity contribution in [3.8, 4) is 16.8 Å². The summed E-state index contributed by atoms with van der Waals surface area (Å²) >= 11 is 0. The van der Waals surface area contributed by atoms with Crippen molar-refractivity contribution in [2.75, 3.05) is 4.90 Å². The second-order valence-electron chi connectivity index (χ2n) is 13.6. The van der Waals surface area contributed by atoms with Gasteiger partial charge in [0.15, 0.2) is 0 Å². The molecule has 0 saturated carbocycles. The van der Waals surface area contributed by atoms with Gasteiger partial charge in [0, 0.05) is 33.8 Å². The molecule has 10 rings (SSSR count). The first-order chi connectivity index (χ1) is 24.8. The molecule has 50 heavy (non-hydrogen) atoms. The third-order valence-corrected chi connectivity index (χ3v) is 10.9. The predicted molar refractivity (Wildman–Crippen MR) is 211 cm³/mol. The summed E-state index contributed by atoms with van der Waals surface area (Å²) in [4.78, 5) is 2.54. The van der Waals surface area contributed by atoms with Crippen LogP contribution < -0.4 is 4.90 Å². The van der Waals surface area contributed by atoms with Crippen LogP contribution in [0.25, 0.3) is 49.8 Å². The molecule has 2 heterocycles. The largest absolute Gasteiger partial charge is 0.333 e. The second kappa shape index (κ2) is 11.8. The third-order valence-electron chi connectivity index (χ3n) is 10.9. The molecule has 1 aliphatic heterocycles. The van der Waals surface area contributed by atoms with Gasteiger partial charge in [0.1, 0.15) is 0 Å². The average Bonchev–Trinajstić information content (AvgIpc) is 3.71. The van der Waals surface area contributed by atoms with Gasteiger partial charge < -0.3 is 9.47 Å². The van der Waals surface area contributed by atoms with Crippen LogP contribution in [0, 0.1) is 0 Å². The zero-order valence-corrected chi connectivity index (χ0v) is 27.8. The SMILES string of the molecule is C1=CC2c3cc(C4=CC=C(c5ccc6c(c5)c5ccccc5n6-c5ccccc5)CC4)ccc3N(c3cccc(-c4ccccc4)c3)C2C=C1. The van der Waals surface area contributed by atoms with Crippen LogP contribution in [0.3, 0.4) is 0 Å². The molecular formula is C48H36N2. The highest BCUT2D eigenvalue weighted by Gasteiger charge is 2.37. The first-order valence-corrected chi connectivity index (χ1v) is 17.7. The topological polar surface area (TPSA) is 8.17 Å². The van der Waals surface area contributed by atoms with E-state index in [1.54, 1.807) is 0 Å². The van der Waals surface area contributed by atoms with Gasteiger partial charge in [-0.3, -0.25) is 0 Å². The number of allylic oxidation sites excluding steroid dienone is 6. The molecule has 2 unspecified atom stereocenters. The van der Waals surface area contributed by atoms with Gasteiger partial charge in [-0.05, 0) is 106 Å². The molecule has 2 nitrogen and oxygen atoms in total. The van der Waals surface area contributed by atoms with Crippen LogP contribution in [-0.4, -0.2) is 10.6 Å². The van der Waals surface area contributed by atoms with Gasteiger partial charge in [-0.25, -0.2) is 0 Å². The summed E-state index contributed by atoms with van der Waals surface area (Å²) in [5.74, 6) is 0.329. The van der Waals surface area contributed by atoms with E-state index in [1.165, 1.54) is 77.8 Å². The Morgan fingerprint density at radius 3 is 1.94 bits per heavy atom. The van der Waals surface area contributed by atoms with Crippen LogP contribution in [0.4, 0.5) is 11.4 Å². The van der Waals surface area contributed by atoms with Crippen LogP contribution in [0.5, 0.6) is 0 Å². The molecule has 0 N–H and O–H groups in total. The molecule has 6 aromatic carbocycles. The fraction of sp³-hybridized carbons (Fsp3) is 0.0833. The summed E-state index contributed by atoms with van der Waals surface area (Å²) < 4.78 is 2.39. The minimum Gasteiger partial charge on any atom is -0.333 e. The third kappa shape index (κ3) is 4.71. The molecule has 0 bridgehead atoms. The van der Waals surface area contributed by atoms with Crippen molar-refractivity contribution in [3.05, 3.63) is 199 Å². The molecule has 7 aromatic rings. The van der Waals surface area contributed by atoms with E-state index < -0.39 is 0 Å². The van der Waals surface area contributed by atoms with Gasteiger partial charge >= 0.3 is 0 Å². The highest BCUT2D eigenvalue weighted by molar-refractivity contribution is 6.10. The van der Waals surface area contributed by atoms with Gasteiger partial charge in [-0.15, -0.1) is 0 Å². The fourth-order valence-electron chi connectivity index (χ4n) is 8.45. The predicted octanol–water partition coefficient (Wildman–Crippen LogP) is 12.4. The summed E-state index contributed by atoms with van der Waals surface area (Å²) in [6, 6.07) is 53.6. The van der Waals surface area contributed by atoms with Crippen molar-refractivity contribution >= 4 is 44.3 Å². The molecule has 0 fully saturated rings. The molecule has 0 amide bonds. The Labute approximate surface area is 293 Å². The standard InChI is InChI=1S/C48H36N2/c1-3-12-33(13-4-1)36-14-11-17-40(30-36)50-46-21-10-8-19-42(46)44-32-38(27-29-48(44)50)35-24-22-34(23-25-35)37-26-28-47-43(31-37)41-18-7-9-20-45(41)49(47)39-15-5-2-6-16-39/h1-22,24,26-32,42,46H,23,25H2. The van der Waals surface area contributed by atoms with E-state index in [1.807, 2.05) is 0 Å². The minimum atomic E-state index is 0.269. The Hall–Kier alpha value is -6.12. The van der Waals surface area contributed by atoms with E-state index in [0.29, 0.717) is 5.92 Å². The highest BCUT2D eigenvalue weighted by atomic mass is 15.2. The maximum absolute atomic E-state index is 2.54. The number of rotatable bonds is 5. The lowest BCUT2D eigenvalue weighted by molar-refractivity contribution is 0.744. The zero-order chi connectivity index (χ0) is 33.0. The monoisotopic (exact) mass is 640 g/mol. The molecular weight excluding hydrogens is 605 g/mol. The first kappa shape index (κ1) is 28.9. The van der Waals surface area contributed by atoms with Gasteiger partial charge in [-0.2, -0.15) is 0 Å². The normalized spacial score (nSPS) is 17.9. The molecule has 2 heteroatoms. The Bertz CT molecular complexity index is 2540. The van der Waals surface area contributed by atoms with Crippen LogP contribution >= 0.6 is 0 Å².